The molecule has 0 saturated heterocycles. The van der Waals surface area contributed by atoms with E-state index in [9.17, 15) is 0 Å². The van der Waals surface area contributed by atoms with E-state index in [2.05, 4.69) is 0 Å². The van der Waals surface area contributed by atoms with Crippen LogP contribution < -0.4 is 0 Å². The van der Waals surface area contributed by atoms with Gasteiger partial charge in [-0.25, -0.2) is 0 Å². The molecule has 0 aliphatic carbocycles. The summed E-state index contributed by atoms with van der Waals surface area (Å²) in [5, 5.41) is 0. The average Bonchev–Trinajstić information content (AvgIpc) is 1.35. The molecule has 6 heavy (non-hydrogen) atoms. The third-order valence-corrected chi connectivity index (χ3v) is 3.69. The van der Waals surface area contributed by atoms with Crippen molar-refractivity contribution in [3.63, 3.8) is 0 Å². The summed E-state index contributed by atoms with van der Waals surface area (Å²) in [5.41, 5.74) is -1.36. The molecule has 0 amide bonds. The van der Waals surface area contributed by atoms with E-state index in [0.717, 1.165) is 5.75 Å². The monoisotopic (exact) mass is 235 g/mol. The summed E-state index contributed by atoms with van der Waals surface area (Å²) < 4.78 is 7.07. The maximum atomic E-state index is 7.07. The van der Waals surface area contributed by atoms with Crippen LogP contribution in [0.4, 0.5) is 0 Å². The van der Waals surface area contributed by atoms with Gasteiger partial charge in [0, 0.05) is 27.0 Å². The summed E-state index contributed by atoms with van der Waals surface area (Å²) in [6.07, 6.45) is 0. The van der Waals surface area contributed by atoms with E-state index in [4.69, 9.17) is 16.0 Å². The van der Waals surface area contributed by atoms with Crippen LogP contribution >= 0.6 is 21.2 Å². The van der Waals surface area contributed by atoms with Gasteiger partial charge in [0.05, 0.1) is 0 Å². The highest BCUT2D eigenvalue weighted by atomic mass is 127. The van der Waals surface area contributed by atoms with E-state index >= 15 is 0 Å². The van der Waals surface area contributed by atoms with Gasteiger partial charge < -0.3 is 0 Å². The molecular weight excluding hydrogens is 229 g/mol. The number of hydrogen-bond donors (Lipinski definition) is 1. The second kappa shape index (κ2) is 2.42. The zero-order chi connectivity index (χ0) is 5.21. The van der Waals surface area contributed by atoms with Crippen molar-refractivity contribution in [2.45, 2.75) is 6.92 Å². The highest BCUT2D eigenvalue weighted by Gasteiger charge is 1.82. The fraction of sp³-hybridized carbons (Fsp3) is 1.00. The van der Waals surface area contributed by atoms with Crippen LogP contribution in [0.1, 0.15) is 6.92 Å². The van der Waals surface area contributed by atoms with Gasteiger partial charge in [-0.15, -0.1) is 0 Å². The molecule has 4 heteroatoms. The third kappa shape index (κ3) is 5.10. The Labute approximate surface area is 55.2 Å². The van der Waals surface area contributed by atoms with E-state index in [-0.39, 0.29) is 0 Å². The largest absolute Gasteiger partial charge is 0.267 e. The van der Waals surface area contributed by atoms with Crippen LogP contribution in [0, 0.1) is 4.78 Å². The zero-order valence-corrected chi connectivity index (χ0v) is 7.19. The number of nitrogens with one attached hydrogen (secondary N) is 1. The lowest BCUT2D eigenvalue weighted by molar-refractivity contribution is 1.50. The van der Waals surface area contributed by atoms with E-state index in [1.165, 1.54) is 0 Å². The maximum absolute atomic E-state index is 7.07. The lowest BCUT2D eigenvalue weighted by atomic mass is 11.0. The van der Waals surface area contributed by atoms with Crippen LogP contribution in [0.2, 0.25) is 0 Å². The molecule has 0 aromatic rings. The minimum Gasteiger partial charge on any atom is -0.267 e. The van der Waals surface area contributed by atoms with E-state index in [1.807, 2.05) is 28.1 Å². The Hall–Kier alpha value is 1.10. The Kier molecular flexibility index (Phi) is 2.86. The summed E-state index contributed by atoms with van der Waals surface area (Å²) in [5.74, 6) is 0.822. The van der Waals surface area contributed by atoms with Crippen LogP contribution in [0.3, 0.4) is 0 Å². The highest BCUT2D eigenvalue weighted by Crippen LogP contribution is 2.00. The second-order valence-corrected chi connectivity index (χ2v) is 10.7. The van der Waals surface area contributed by atoms with Gasteiger partial charge in [-0.3, -0.25) is 4.78 Å². The molecule has 0 aliphatic rings. The molecule has 0 aromatic carbocycles. The summed E-state index contributed by atoms with van der Waals surface area (Å²) >= 11 is 6.73. The van der Waals surface area contributed by atoms with Gasteiger partial charge in [0.25, 0.3) is 0 Å². The Morgan fingerprint density at radius 1 is 2.00 bits per heavy atom. The van der Waals surface area contributed by atoms with E-state index in [1.54, 1.807) is 0 Å². The molecule has 0 radical (unpaired) electrons. The molecule has 0 fully saturated rings. The topological polar surface area (TPSA) is 23.9 Å². The molecule has 0 heterocycles. The molecule has 0 aliphatic heterocycles. The standard InChI is InChI=1S/C2H6INS2/c1-2-6(3,4)5/h4H,2H2,1H3. The Morgan fingerprint density at radius 3 is 2.17 bits per heavy atom. The predicted molar refractivity (Wildman–Crippen MR) is 42.0 cm³/mol. The third-order valence-electron chi connectivity index (χ3n) is 0.371. The molecule has 0 aromatic heterocycles. The molecule has 1 atom stereocenters. The fourth-order valence-corrected chi connectivity index (χ4v) is 0. The predicted octanol–water partition coefficient (Wildman–Crippen LogP) is 1.73. The zero-order valence-electron chi connectivity index (χ0n) is 3.40. The van der Waals surface area contributed by atoms with Gasteiger partial charge in [-0.05, 0) is 16.7 Å². The molecule has 1 N–H and O–H groups in total. The summed E-state index contributed by atoms with van der Waals surface area (Å²) in [6.45, 7) is 1.95. The molecule has 38 valence electrons. The van der Waals surface area contributed by atoms with Gasteiger partial charge in [-0.1, -0.05) is 6.92 Å². The number of hydrogen-bond acceptors (Lipinski definition) is 2. The van der Waals surface area contributed by atoms with Crippen LogP contribution in [-0.4, -0.2) is 5.75 Å². The first-order valence-electron chi connectivity index (χ1n) is 1.52. The van der Waals surface area contributed by atoms with Gasteiger partial charge in [0.2, 0.25) is 0 Å². The summed E-state index contributed by atoms with van der Waals surface area (Å²) in [6, 6.07) is 0. The molecule has 1 unspecified atom stereocenters. The summed E-state index contributed by atoms with van der Waals surface area (Å²) in [7, 11) is 0. The van der Waals surface area contributed by atoms with Crippen molar-refractivity contribution in [1.82, 2.24) is 0 Å². The first kappa shape index (κ1) is 7.10. The minimum absolute atomic E-state index is 0.822. The van der Waals surface area contributed by atoms with Crippen LogP contribution in [-0.2, 0) is 16.7 Å². The maximum Gasteiger partial charge on any atom is 0.0136 e. The SMILES string of the molecule is CCS(=N)(=S)I. The van der Waals surface area contributed by atoms with Crippen molar-refractivity contribution in [3.8, 4) is 0 Å². The lowest BCUT2D eigenvalue weighted by Gasteiger charge is -1.88. The van der Waals surface area contributed by atoms with Crippen LogP contribution in [0.15, 0.2) is 0 Å². The molecule has 0 rings (SSSR count). The van der Waals surface area contributed by atoms with Gasteiger partial charge in [0.15, 0.2) is 0 Å². The minimum atomic E-state index is -1.36. The molecule has 0 saturated carbocycles. The van der Waals surface area contributed by atoms with Crippen molar-refractivity contribution < 1.29 is 0 Å². The second-order valence-electron chi connectivity index (χ2n) is 0.883. The first-order chi connectivity index (χ1) is 2.56. The molecule has 0 spiro atoms. The van der Waals surface area contributed by atoms with Crippen molar-refractivity contribution in [2.24, 2.45) is 0 Å². The van der Waals surface area contributed by atoms with Crippen molar-refractivity contribution >= 4 is 37.9 Å². The van der Waals surface area contributed by atoms with Crippen LogP contribution in [0.25, 0.3) is 0 Å². The number of rotatable bonds is 1. The van der Waals surface area contributed by atoms with E-state index in [0.29, 0.717) is 0 Å². The van der Waals surface area contributed by atoms with Gasteiger partial charge >= 0.3 is 0 Å². The average molecular weight is 235 g/mol. The normalized spacial score (nSPS) is 19.7. The van der Waals surface area contributed by atoms with E-state index < -0.39 is 5.55 Å². The van der Waals surface area contributed by atoms with Crippen molar-refractivity contribution in [3.05, 3.63) is 0 Å². The first-order valence-corrected chi connectivity index (χ1v) is 6.79. The number of halogens is 1. The fourth-order valence-electron chi connectivity index (χ4n) is 0. The molecular formula is C2H6INS2. The smallest absolute Gasteiger partial charge is 0.0136 e. The van der Waals surface area contributed by atoms with Crippen LogP contribution in [0.5, 0.6) is 0 Å². The Bertz CT molecular complexity index is 114. The lowest BCUT2D eigenvalue weighted by Crippen LogP contribution is -1.82. The quantitative estimate of drug-likeness (QED) is 0.543. The molecule has 0 bridgehead atoms. The van der Waals surface area contributed by atoms with Crippen molar-refractivity contribution in [1.29, 1.82) is 4.78 Å². The van der Waals surface area contributed by atoms with Gasteiger partial charge in [0.1, 0.15) is 0 Å². The Balaban J connectivity index is 3.85. The Morgan fingerprint density at radius 2 is 2.17 bits per heavy atom. The van der Waals surface area contributed by atoms with Crippen molar-refractivity contribution in [2.75, 3.05) is 5.75 Å². The highest BCUT2D eigenvalue weighted by molar-refractivity contribution is 14.2. The van der Waals surface area contributed by atoms with Gasteiger partial charge in [-0.2, -0.15) is 0 Å². The molecule has 1 nitrogen and oxygen atoms in total. The summed E-state index contributed by atoms with van der Waals surface area (Å²) in [4.78, 5) is 0.